The number of hydrogen-bond donors (Lipinski definition) is 2. The standard InChI is InChI=1S/C10H12N6O2/c17-9(18)10(3-1-4-10)6-16-8(13-14-15-16)7-2-5-11-12-7/h2,5H,1,3-4,6H2,(H,11,12)(H,17,18). The highest BCUT2D eigenvalue weighted by Crippen LogP contribution is 2.42. The van der Waals surface area contributed by atoms with Gasteiger partial charge in [-0.05, 0) is 29.3 Å². The second kappa shape index (κ2) is 3.90. The predicted octanol–water partition coefficient (Wildman–Crippen LogP) is 0.318. The molecule has 1 aliphatic carbocycles. The summed E-state index contributed by atoms with van der Waals surface area (Å²) >= 11 is 0. The van der Waals surface area contributed by atoms with Gasteiger partial charge in [-0.3, -0.25) is 9.89 Å². The zero-order valence-corrected chi connectivity index (χ0v) is 9.57. The minimum atomic E-state index is -0.778. The van der Waals surface area contributed by atoms with E-state index in [1.54, 1.807) is 12.3 Å². The summed E-state index contributed by atoms with van der Waals surface area (Å²) in [7, 11) is 0. The summed E-state index contributed by atoms with van der Waals surface area (Å²) in [6.45, 7) is 0.295. The number of carbonyl (C=O) groups is 1. The fourth-order valence-electron chi connectivity index (χ4n) is 2.21. The van der Waals surface area contributed by atoms with Crippen LogP contribution in [0.1, 0.15) is 19.3 Å². The zero-order chi connectivity index (χ0) is 12.6. The summed E-state index contributed by atoms with van der Waals surface area (Å²) in [5, 5.41) is 27.3. The quantitative estimate of drug-likeness (QED) is 0.806. The third kappa shape index (κ3) is 1.57. The summed E-state index contributed by atoms with van der Waals surface area (Å²) in [4.78, 5) is 11.3. The van der Waals surface area contributed by atoms with Crippen LogP contribution in [0.2, 0.25) is 0 Å². The van der Waals surface area contributed by atoms with Crippen molar-refractivity contribution in [3.05, 3.63) is 12.3 Å². The van der Waals surface area contributed by atoms with Crippen molar-refractivity contribution in [2.75, 3.05) is 0 Å². The van der Waals surface area contributed by atoms with Gasteiger partial charge < -0.3 is 5.11 Å². The Morgan fingerprint density at radius 2 is 2.39 bits per heavy atom. The first kappa shape index (κ1) is 10.9. The first-order valence-corrected chi connectivity index (χ1v) is 5.71. The molecule has 0 saturated heterocycles. The van der Waals surface area contributed by atoms with Gasteiger partial charge in [0.25, 0.3) is 0 Å². The number of tetrazole rings is 1. The molecular formula is C10H12N6O2. The van der Waals surface area contributed by atoms with Gasteiger partial charge in [0.15, 0.2) is 5.82 Å². The van der Waals surface area contributed by atoms with Crippen molar-refractivity contribution < 1.29 is 9.90 Å². The van der Waals surface area contributed by atoms with Crippen LogP contribution in [-0.4, -0.2) is 41.5 Å². The molecule has 3 rings (SSSR count). The van der Waals surface area contributed by atoms with Crippen molar-refractivity contribution >= 4 is 5.97 Å². The van der Waals surface area contributed by atoms with E-state index >= 15 is 0 Å². The fraction of sp³-hybridized carbons (Fsp3) is 0.500. The van der Waals surface area contributed by atoms with Crippen molar-refractivity contribution in [2.45, 2.75) is 25.8 Å². The summed E-state index contributed by atoms with van der Waals surface area (Å²) in [6, 6.07) is 1.75. The van der Waals surface area contributed by atoms with Crippen molar-refractivity contribution in [1.82, 2.24) is 30.4 Å². The molecule has 0 atom stereocenters. The number of nitrogens with zero attached hydrogens (tertiary/aromatic N) is 5. The van der Waals surface area contributed by atoms with Crippen molar-refractivity contribution in [3.8, 4) is 11.5 Å². The zero-order valence-electron chi connectivity index (χ0n) is 9.57. The number of aromatic nitrogens is 6. The maximum absolute atomic E-state index is 11.3. The van der Waals surface area contributed by atoms with Gasteiger partial charge in [-0.1, -0.05) is 6.42 Å². The molecular weight excluding hydrogens is 236 g/mol. The third-order valence-corrected chi connectivity index (χ3v) is 3.49. The van der Waals surface area contributed by atoms with Gasteiger partial charge in [0.1, 0.15) is 5.69 Å². The van der Waals surface area contributed by atoms with Gasteiger partial charge in [0.05, 0.1) is 12.0 Å². The molecule has 8 heteroatoms. The summed E-state index contributed by atoms with van der Waals surface area (Å²) in [5.41, 5.74) is -0.0377. The van der Waals surface area contributed by atoms with Crippen LogP contribution in [0.3, 0.4) is 0 Å². The molecule has 0 unspecified atom stereocenters. The van der Waals surface area contributed by atoms with Crippen LogP contribution in [0.15, 0.2) is 12.3 Å². The Morgan fingerprint density at radius 1 is 1.56 bits per heavy atom. The molecule has 18 heavy (non-hydrogen) atoms. The SMILES string of the molecule is O=C(O)C1(Cn2nnnc2-c2ccn[nH]2)CCC1. The lowest BCUT2D eigenvalue weighted by atomic mass is 9.69. The Morgan fingerprint density at radius 3 is 2.94 bits per heavy atom. The van der Waals surface area contributed by atoms with Gasteiger partial charge in [0.2, 0.25) is 0 Å². The van der Waals surface area contributed by atoms with Crippen LogP contribution in [0.5, 0.6) is 0 Å². The lowest BCUT2D eigenvalue weighted by Gasteiger charge is -2.37. The molecule has 0 spiro atoms. The largest absolute Gasteiger partial charge is 0.481 e. The molecule has 2 aromatic rings. The lowest BCUT2D eigenvalue weighted by Crippen LogP contribution is -2.42. The Bertz CT molecular complexity index is 557. The molecule has 1 fully saturated rings. The molecule has 94 valence electrons. The maximum atomic E-state index is 11.3. The maximum Gasteiger partial charge on any atom is 0.311 e. The lowest BCUT2D eigenvalue weighted by molar-refractivity contribution is -0.156. The first-order chi connectivity index (χ1) is 8.71. The minimum Gasteiger partial charge on any atom is -0.481 e. The highest BCUT2D eigenvalue weighted by Gasteiger charge is 2.45. The number of H-pyrrole nitrogens is 1. The monoisotopic (exact) mass is 248 g/mol. The fourth-order valence-corrected chi connectivity index (χ4v) is 2.21. The Balaban J connectivity index is 1.90. The van der Waals surface area contributed by atoms with Gasteiger partial charge in [-0.25, -0.2) is 4.68 Å². The Kier molecular flexibility index (Phi) is 2.35. The number of hydrogen-bond acceptors (Lipinski definition) is 5. The van der Waals surface area contributed by atoms with Crippen LogP contribution in [0.4, 0.5) is 0 Å². The molecule has 0 amide bonds. The number of carboxylic acids is 1. The number of carboxylic acid groups (broad SMARTS) is 1. The van der Waals surface area contributed by atoms with Gasteiger partial charge in [0, 0.05) is 6.20 Å². The second-order valence-corrected chi connectivity index (χ2v) is 4.57. The Labute approximate surface area is 102 Å². The Hall–Kier alpha value is -2.25. The number of aromatic amines is 1. The number of nitrogens with one attached hydrogen (secondary N) is 1. The van der Waals surface area contributed by atoms with Crippen LogP contribution in [0.25, 0.3) is 11.5 Å². The molecule has 2 heterocycles. The van der Waals surface area contributed by atoms with Crippen molar-refractivity contribution in [3.63, 3.8) is 0 Å². The topological polar surface area (TPSA) is 110 Å². The van der Waals surface area contributed by atoms with Crippen LogP contribution >= 0.6 is 0 Å². The molecule has 8 nitrogen and oxygen atoms in total. The molecule has 2 aromatic heterocycles. The molecule has 0 aliphatic heterocycles. The van der Waals surface area contributed by atoms with E-state index in [0.29, 0.717) is 30.9 Å². The van der Waals surface area contributed by atoms with Crippen molar-refractivity contribution in [2.24, 2.45) is 5.41 Å². The molecule has 1 aliphatic rings. The van der Waals surface area contributed by atoms with Crippen LogP contribution in [0, 0.1) is 5.41 Å². The van der Waals surface area contributed by atoms with Crippen LogP contribution in [-0.2, 0) is 11.3 Å². The molecule has 0 aromatic carbocycles. The highest BCUT2D eigenvalue weighted by atomic mass is 16.4. The van der Waals surface area contributed by atoms with E-state index in [9.17, 15) is 9.90 Å². The minimum absolute atomic E-state index is 0.295. The summed E-state index contributed by atoms with van der Waals surface area (Å²) in [6.07, 6.45) is 3.88. The normalized spacial score (nSPS) is 17.3. The number of aliphatic carboxylic acids is 1. The smallest absolute Gasteiger partial charge is 0.311 e. The highest BCUT2D eigenvalue weighted by molar-refractivity contribution is 5.75. The van der Waals surface area contributed by atoms with E-state index < -0.39 is 11.4 Å². The average Bonchev–Trinajstić information content (AvgIpc) is 2.93. The third-order valence-electron chi connectivity index (χ3n) is 3.49. The van der Waals surface area contributed by atoms with Crippen molar-refractivity contribution in [1.29, 1.82) is 0 Å². The summed E-state index contributed by atoms with van der Waals surface area (Å²) < 4.78 is 1.53. The molecule has 1 saturated carbocycles. The first-order valence-electron chi connectivity index (χ1n) is 5.71. The van der Waals surface area contributed by atoms with E-state index in [1.165, 1.54) is 4.68 Å². The van der Waals surface area contributed by atoms with E-state index in [-0.39, 0.29) is 0 Å². The van der Waals surface area contributed by atoms with Gasteiger partial charge in [-0.2, -0.15) is 5.10 Å². The predicted molar refractivity (Wildman–Crippen MR) is 59.3 cm³/mol. The van der Waals surface area contributed by atoms with E-state index in [4.69, 9.17) is 0 Å². The van der Waals surface area contributed by atoms with E-state index in [2.05, 4.69) is 25.7 Å². The van der Waals surface area contributed by atoms with E-state index in [1.807, 2.05) is 0 Å². The number of rotatable bonds is 4. The van der Waals surface area contributed by atoms with Crippen LogP contribution < -0.4 is 0 Å². The second-order valence-electron chi connectivity index (χ2n) is 4.57. The van der Waals surface area contributed by atoms with Gasteiger partial charge in [-0.15, -0.1) is 5.10 Å². The molecule has 0 bridgehead atoms. The van der Waals surface area contributed by atoms with E-state index in [0.717, 1.165) is 6.42 Å². The average molecular weight is 248 g/mol. The molecule has 2 N–H and O–H groups in total. The summed E-state index contributed by atoms with van der Waals surface area (Å²) in [5.74, 6) is -0.264. The van der Waals surface area contributed by atoms with Gasteiger partial charge >= 0.3 is 5.97 Å². The molecule has 0 radical (unpaired) electrons.